The molecule has 0 radical (unpaired) electrons. The molecular weight excluding hydrogens is 207 g/mol. The van der Waals surface area contributed by atoms with Crippen molar-refractivity contribution >= 4 is 13.0 Å². The van der Waals surface area contributed by atoms with Crippen molar-refractivity contribution in [2.75, 3.05) is 6.54 Å². The van der Waals surface area contributed by atoms with Crippen molar-refractivity contribution in [3.63, 3.8) is 0 Å². The van der Waals surface area contributed by atoms with E-state index >= 15 is 0 Å². The number of carbonyl (C=O) groups excluding carboxylic acids is 1. The summed E-state index contributed by atoms with van der Waals surface area (Å²) in [6.45, 7) is 4.19. The van der Waals surface area contributed by atoms with Crippen molar-refractivity contribution in [2.45, 2.75) is 51.0 Å². The number of likely N-dealkylation sites (tertiary alicyclic amines) is 1. The average molecular weight is 228 g/mol. The summed E-state index contributed by atoms with van der Waals surface area (Å²) in [5, 5.41) is 18.1. The standard InChI is InChI=1S/C10H21BN2O3/c1-3-4-5-10(12)6-7-13(9(10)14)8(2)11(15)16/h8,15-16H,3-7,12H2,1-2H3/t8-,10+/m0/s1. The Morgan fingerprint density at radius 1 is 1.62 bits per heavy atom. The van der Waals surface area contributed by atoms with Crippen LogP contribution < -0.4 is 5.73 Å². The topological polar surface area (TPSA) is 86.8 Å². The van der Waals surface area contributed by atoms with E-state index in [4.69, 9.17) is 15.8 Å². The summed E-state index contributed by atoms with van der Waals surface area (Å²) in [4.78, 5) is 13.5. The van der Waals surface area contributed by atoms with Crippen LogP contribution in [0.15, 0.2) is 0 Å². The zero-order chi connectivity index (χ0) is 12.3. The number of carbonyl (C=O) groups is 1. The van der Waals surface area contributed by atoms with E-state index in [9.17, 15) is 4.79 Å². The zero-order valence-electron chi connectivity index (χ0n) is 10.0. The van der Waals surface area contributed by atoms with E-state index in [2.05, 4.69) is 6.92 Å². The van der Waals surface area contributed by atoms with E-state index in [1.165, 1.54) is 4.90 Å². The highest BCUT2D eigenvalue weighted by molar-refractivity contribution is 6.43. The first-order chi connectivity index (χ1) is 7.42. The molecule has 0 saturated carbocycles. The lowest BCUT2D eigenvalue weighted by atomic mass is 9.79. The van der Waals surface area contributed by atoms with Crippen molar-refractivity contribution < 1.29 is 14.8 Å². The van der Waals surface area contributed by atoms with Gasteiger partial charge in [-0.2, -0.15) is 0 Å². The molecule has 1 amide bonds. The first-order valence-electron chi connectivity index (χ1n) is 5.88. The molecule has 0 aliphatic carbocycles. The summed E-state index contributed by atoms with van der Waals surface area (Å²) in [5.41, 5.74) is 5.27. The molecule has 1 saturated heterocycles. The smallest absolute Gasteiger partial charge is 0.426 e. The Kier molecular flexibility index (Phi) is 4.35. The minimum atomic E-state index is -1.50. The van der Waals surface area contributed by atoms with Gasteiger partial charge in [-0.1, -0.05) is 19.8 Å². The highest BCUT2D eigenvalue weighted by Gasteiger charge is 2.46. The van der Waals surface area contributed by atoms with Gasteiger partial charge < -0.3 is 20.7 Å². The van der Waals surface area contributed by atoms with E-state index < -0.39 is 18.6 Å². The number of nitrogens with two attached hydrogens (primary N) is 1. The van der Waals surface area contributed by atoms with Gasteiger partial charge in [-0.15, -0.1) is 0 Å². The van der Waals surface area contributed by atoms with E-state index in [-0.39, 0.29) is 5.91 Å². The molecule has 2 atom stereocenters. The summed E-state index contributed by atoms with van der Waals surface area (Å²) in [5.74, 6) is -0.735. The second-order valence-electron chi connectivity index (χ2n) is 4.66. The second-order valence-corrected chi connectivity index (χ2v) is 4.66. The minimum Gasteiger partial charge on any atom is -0.426 e. The lowest BCUT2D eigenvalue weighted by molar-refractivity contribution is -0.133. The van der Waals surface area contributed by atoms with Crippen molar-refractivity contribution in [1.82, 2.24) is 4.90 Å². The maximum atomic E-state index is 12.1. The summed E-state index contributed by atoms with van der Waals surface area (Å²) < 4.78 is 0. The van der Waals surface area contributed by atoms with Crippen LogP contribution in [0.25, 0.3) is 0 Å². The van der Waals surface area contributed by atoms with Gasteiger partial charge in [0.2, 0.25) is 5.91 Å². The molecule has 0 aromatic carbocycles. The van der Waals surface area contributed by atoms with Gasteiger partial charge in [0, 0.05) is 6.54 Å². The molecule has 1 heterocycles. The predicted octanol–water partition coefficient (Wildman–Crippen LogP) is -0.493. The first-order valence-corrected chi connectivity index (χ1v) is 5.88. The van der Waals surface area contributed by atoms with E-state index in [0.29, 0.717) is 19.4 Å². The summed E-state index contributed by atoms with van der Waals surface area (Å²) in [6.07, 6.45) is 3.20. The highest BCUT2D eigenvalue weighted by Crippen LogP contribution is 2.27. The van der Waals surface area contributed by atoms with Gasteiger partial charge in [0.1, 0.15) is 0 Å². The van der Waals surface area contributed by atoms with Crippen LogP contribution in [0, 0.1) is 0 Å². The molecule has 92 valence electrons. The molecule has 1 aliphatic heterocycles. The lowest BCUT2D eigenvalue weighted by Crippen LogP contribution is -2.52. The molecular formula is C10H21BN2O3. The quantitative estimate of drug-likeness (QED) is 0.554. The molecule has 1 aliphatic rings. The lowest BCUT2D eigenvalue weighted by Gasteiger charge is -2.27. The zero-order valence-corrected chi connectivity index (χ0v) is 10.0. The monoisotopic (exact) mass is 228 g/mol. The number of unbranched alkanes of at least 4 members (excludes halogenated alkanes) is 1. The van der Waals surface area contributed by atoms with Gasteiger partial charge in [0.25, 0.3) is 0 Å². The van der Waals surface area contributed by atoms with Gasteiger partial charge in [0.05, 0.1) is 11.5 Å². The Bertz CT molecular complexity index is 262. The van der Waals surface area contributed by atoms with Crippen molar-refractivity contribution in [3.05, 3.63) is 0 Å². The first kappa shape index (κ1) is 13.5. The van der Waals surface area contributed by atoms with Crippen molar-refractivity contribution in [2.24, 2.45) is 5.73 Å². The van der Waals surface area contributed by atoms with E-state index in [0.717, 1.165) is 12.8 Å². The normalized spacial score (nSPS) is 27.3. The number of amides is 1. The molecule has 16 heavy (non-hydrogen) atoms. The van der Waals surface area contributed by atoms with Crippen molar-refractivity contribution in [3.8, 4) is 0 Å². The molecule has 5 nitrogen and oxygen atoms in total. The van der Waals surface area contributed by atoms with E-state index in [1.54, 1.807) is 6.92 Å². The van der Waals surface area contributed by atoms with E-state index in [1.807, 2.05) is 0 Å². The third-order valence-corrected chi connectivity index (χ3v) is 3.39. The Balaban J connectivity index is 2.66. The molecule has 1 fully saturated rings. The predicted molar refractivity (Wildman–Crippen MR) is 62.4 cm³/mol. The molecule has 0 aromatic rings. The van der Waals surface area contributed by atoms with Crippen LogP contribution in [0.2, 0.25) is 0 Å². The molecule has 0 aromatic heterocycles. The minimum absolute atomic E-state index is 0.151. The fourth-order valence-corrected chi connectivity index (χ4v) is 2.09. The van der Waals surface area contributed by atoms with Gasteiger partial charge >= 0.3 is 7.12 Å². The van der Waals surface area contributed by atoms with Crippen LogP contribution in [0.1, 0.15) is 39.5 Å². The molecule has 0 bridgehead atoms. The third kappa shape index (κ3) is 2.56. The SMILES string of the molecule is CCCC[C@@]1(N)CCN([C@@H](C)B(O)O)C1=O. The molecule has 0 unspecified atom stereocenters. The number of rotatable bonds is 5. The fourth-order valence-electron chi connectivity index (χ4n) is 2.09. The highest BCUT2D eigenvalue weighted by atomic mass is 16.4. The Morgan fingerprint density at radius 3 is 2.75 bits per heavy atom. The van der Waals surface area contributed by atoms with Crippen LogP contribution in [0.5, 0.6) is 0 Å². The van der Waals surface area contributed by atoms with Gasteiger partial charge in [-0.25, -0.2) is 0 Å². The summed E-state index contributed by atoms with van der Waals surface area (Å²) in [6, 6.07) is 0. The molecule has 4 N–H and O–H groups in total. The number of hydrogen-bond acceptors (Lipinski definition) is 4. The molecule has 1 rings (SSSR count). The molecule has 0 spiro atoms. The largest absolute Gasteiger partial charge is 0.475 e. The maximum Gasteiger partial charge on any atom is 0.475 e. The van der Waals surface area contributed by atoms with Crippen LogP contribution in [-0.2, 0) is 4.79 Å². The Morgan fingerprint density at radius 2 is 2.25 bits per heavy atom. The number of nitrogens with zero attached hydrogens (tertiary/aromatic N) is 1. The summed E-state index contributed by atoms with van der Waals surface area (Å²) >= 11 is 0. The summed E-state index contributed by atoms with van der Waals surface area (Å²) in [7, 11) is -1.50. The second kappa shape index (κ2) is 5.16. The maximum absolute atomic E-state index is 12.1. The van der Waals surface area contributed by atoms with Gasteiger partial charge in [-0.3, -0.25) is 4.79 Å². The van der Waals surface area contributed by atoms with Crippen LogP contribution >= 0.6 is 0 Å². The van der Waals surface area contributed by atoms with Crippen LogP contribution in [-0.4, -0.2) is 46.0 Å². The van der Waals surface area contributed by atoms with Crippen LogP contribution in [0.3, 0.4) is 0 Å². The van der Waals surface area contributed by atoms with Crippen LogP contribution in [0.4, 0.5) is 0 Å². The molecule has 6 heteroatoms. The van der Waals surface area contributed by atoms with Crippen molar-refractivity contribution in [1.29, 1.82) is 0 Å². The third-order valence-electron chi connectivity index (χ3n) is 3.39. The van der Waals surface area contributed by atoms with Gasteiger partial charge in [-0.05, 0) is 19.8 Å². The van der Waals surface area contributed by atoms with Gasteiger partial charge in [0.15, 0.2) is 0 Å². The Hall–Kier alpha value is -0.585. The Labute approximate surface area is 96.8 Å². The fraction of sp³-hybridized carbons (Fsp3) is 0.900. The number of hydrogen-bond donors (Lipinski definition) is 3. The average Bonchev–Trinajstić information content (AvgIpc) is 2.53.